The van der Waals surface area contributed by atoms with Gasteiger partial charge in [0.15, 0.2) is 0 Å². The highest BCUT2D eigenvalue weighted by atomic mass is 32.2. The van der Waals surface area contributed by atoms with E-state index < -0.39 is 11.0 Å². The van der Waals surface area contributed by atoms with Gasteiger partial charge in [0.2, 0.25) is 0 Å². The molecule has 7 heteroatoms. The van der Waals surface area contributed by atoms with E-state index in [1.807, 2.05) is 0 Å². The molecule has 1 aromatic heterocycles. The van der Waals surface area contributed by atoms with Gasteiger partial charge < -0.3 is 10.2 Å². The molecule has 0 radical (unpaired) electrons. The Bertz CT molecular complexity index is 364. The van der Waals surface area contributed by atoms with Crippen molar-refractivity contribution in [1.29, 1.82) is 0 Å². The van der Waals surface area contributed by atoms with Crippen molar-refractivity contribution in [3.05, 3.63) is 21.1 Å². The Labute approximate surface area is 101 Å². The van der Waals surface area contributed by atoms with Crippen LogP contribution in [0.2, 0.25) is 0 Å². The minimum Gasteiger partial charge on any atom is -0.396 e. The normalized spacial score (nSPS) is 12.7. The van der Waals surface area contributed by atoms with E-state index in [1.54, 1.807) is 6.92 Å². The monoisotopic (exact) mass is 263 g/mol. The quantitative estimate of drug-likeness (QED) is 0.356. The van der Waals surface area contributed by atoms with E-state index in [9.17, 15) is 15.2 Å². The summed E-state index contributed by atoms with van der Waals surface area (Å²) >= 11 is 2.58. The van der Waals surface area contributed by atoms with Gasteiger partial charge in [-0.2, -0.15) is 0 Å². The molecule has 1 rings (SSSR count). The third-order valence-electron chi connectivity index (χ3n) is 1.84. The van der Waals surface area contributed by atoms with E-state index in [-0.39, 0.29) is 12.3 Å². The number of nitrogens with zero attached hydrogens (tertiary/aromatic N) is 1. The molecule has 90 valence electrons. The van der Waals surface area contributed by atoms with Crippen molar-refractivity contribution in [3.8, 4) is 0 Å². The summed E-state index contributed by atoms with van der Waals surface area (Å²) in [5.41, 5.74) is 0.0452. The lowest BCUT2D eigenvalue weighted by Gasteiger charge is -1.97. The van der Waals surface area contributed by atoms with Gasteiger partial charge in [0, 0.05) is 23.3 Å². The van der Waals surface area contributed by atoms with E-state index in [0.717, 1.165) is 0 Å². The second-order valence-electron chi connectivity index (χ2n) is 3.18. The average molecular weight is 263 g/mol. The molecule has 0 spiro atoms. The fourth-order valence-corrected chi connectivity index (χ4v) is 3.36. The van der Waals surface area contributed by atoms with Gasteiger partial charge in [-0.3, -0.25) is 10.1 Å². The summed E-state index contributed by atoms with van der Waals surface area (Å²) in [4.78, 5) is 10.9. The first-order valence-corrected chi connectivity index (χ1v) is 6.56. The fourth-order valence-electron chi connectivity index (χ4n) is 1.05. The van der Waals surface area contributed by atoms with E-state index >= 15 is 0 Å². The van der Waals surface area contributed by atoms with Crippen molar-refractivity contribution in [2.24, 2.45) is 0 Å². The van der Waals surface area contributed by atoms with E-state index in [2.05, 4.69) is 0 Å². The number of aliphatic hydroxyl groups excluding tert-OH is 2. The van der Waals surface area contributed by atoms with Crippen LogP contribution in [0, 0.1) is 10.1 Å². The van der Waals surface area contributed by atoms with E-state index in [4.69, 9.17) is 5.11 Å². The van der Waals surface area contributed by atoms with Crippen molar-refractivity contribution >= 4 is 28.8 Å². The maximum absolute atomic E-state index is 10.8. The molecule has 0 saturated heterocycles. The van der Waals surface area contributed by atoms with Crippen molar-refractivity contribution in [3.63, 3.8) is 0 Å². The molecular weight excluding hydrogens is 250 g/mol. The zero-order valence-electron chi connectivity index (χ0n) is 8.75. The van der Waals surface area contributed by atoms with Crippen LogP contribution in [0.15, 0.2) is 10.3 Å². The van der Waals surface area contributed by atoms with Gasteiger partial charge in [-0.05, 0) is 13.3 Å². The topological polar surface area (TPSA) is 83.6 Å². The maximum Gasteiger partial charge on any atom is 0.294 e. The number of nitro groups is 1. The summed E-state index contributed by atoms with van der Waals surface area (Å²) in [5, 5.41) is 28.7. The lowest BCUT2D eigenvalue weighted by molar-refractivity contribution is -0.387. The van der Waals surface area contributed by atoms with Gasteiger partial charge in [0.1, 0.15) is 4.21 Å². The van der Waals surface area contributed by atoms with Gasteiger partial charge >= 0.3 is 0 Å². The van der Waals surface area contributed by atoms with Crippen LogP contribution < -0.4 is 0 Å². The van der Waals surface area contributed by atoms with E-state index in [0.29, 0.717) is 21.3 Å². The highest BCUT2D eigenvalue weighted by Gasteiger charge is 2.20. The van der Waals surface area contributed by atoms with E-state index in [1.165, 1.54) is 29.2 Å². The molecule has 0 aliphatic rings. The van der Waals surface area contributed by atoms with Crippen LogP contribution in [0.1, 0.15) is 24.3 Å². The van der Waals surface area contributed by atoms with Crippen LogP contribution in [-0.2, 0) is 0 Å². The molecule has 0 bridgehead atoms. The van der Waals surface area contributed by atoms with Crippen LogP contribution in [0.5, 0.6) is 0 Å². The minimum atomic E-state index is -0.684. The first-order valence-electron chi connectivity index (χ1n) is 4.76. The lowest BCUT2D eigenvalue weighted by atomic mass is 10.3. The summed E-state index contributed by atoms with van der Waals surface area (Å²) in [6, 6.07) is 1.41. The molecule has 0 aliphatic carbocycles. The maximum atomic E-state index is 10.8. The van der Waals surface area contributed by atoms with Crippen LogP contribution >= 0.6 is 23.1 Å². The van der Waals surface area contributed by atoms with Gasteiger partial charge in [-0.15, -0.1) is 23.1 Å². The van der Waals surface area contributed by atoms with Gasteiger partial charge in [-0.1, -0.05) is 0 Å². The Hall–Kier alpha value is -0.630. The third kappa shape index (κ3) is 3.44. The molecule has 1 unspecified atom stereocenters. The highest BCUT2D eigenvalue weighted by molar-refractivity contribution is 8.01. The molecule has 1 heterocycles. The predicted octanol–water partition coefficient (Wildman–Crippen LogP) is 2.18. The summed E-state index contributed by atoms with van der Waals surface area (Å²) in [6.07, 6.45) is -0.0834. The largest absolute Gasteiger partial charge is 0.396 e. The smallest absolute Gasteiger partial charge is 0.294 e. The zero-order valence-corrected chi connectivity index (χ0v) is 10.4. The molecule has 2 N–H and O–H groups in total. The molecule has 0 aliphatic heterocycles. The summed E-state index contributed by atoms with van der Waals surface area (Å²) in [7, 11) is 0. The van der Waals surface area contributed by atoms with Crippen molar-refractivity contribution in [2.75, 3.05) is 12.4 Å². The van der Waals surface area contributed by atoms with Gasteiger partial charge in [0.25, 0.3) is 5.69 Å². The molecule has 0 aromatic carbocycles. The number of hydrogen-bond donors (Lipinski definition) is 2. The van der Waals surface area contributed by atoms with Gasteiger partial charge in [-0.25, -0.2) is 0 Å². The SMILES string of the molecule is CC(O)c1cc([N+](=O)[O-])c(SCCCO)s1. The first-order chi connectivity index (χ1) is 7.56. The van der Waals surface area contributed by atoms with Crippen molar-refractivity contribution in [2.45, 2.75) is 23.7 Å². The number of hydrogen-bond acceptors (Lipinski definition) is 6. The molecule has 1 atom stereocenters. The minimum absolute atomic E-state index is 0.0452. The molecule has 0 amide bonds. The van der Waals surface area contributed by atoms with Crippen LogP contribution in [0.4, 0.5) is 5.69 Å². The predicted molar refractivity (Wildman–Crippen MR) is 64.0 cm³/mol. The Morgan fingerprint density at radius 3 is 2.88 bits per heavy atom. The third-order valence-corrected chi connectivity index (χ3v) is 4.50. The van der Waals surface area contributed by atoms with Crippen molar-refractivity contribution in [1.82, 2.24) is 0 Å². The molecule has 16 heavy (non-hydrogen) atoms. The molecule has 1 aromatic rings. The Morgan fingerprint density at radius 2 is 2.38 bits per heavy atom. The number of aliphatic hydroxyl groups is 2. The number of thioether (sulfide) groups is 1. The molecular formula is C9H13NO4S2. The Kier molecular flexibility index (Phi) is 5.20. The molecule has 0 saturated carbocycles. The average Bonchev–Trinajstić information content (AvgIpc) is 2.62. The Balaban J connectivity index is 2.83. The number of rotatable bonds is 6. The summed E-state index contributed by atoms with van der Waals surface area (Å²) < 4.78 is 0.592. The summed E-state index contributed by atoms with van der Waals surface area (Å²) in [6.45, 7) is 1.66. The second kappa shape index (κ2) is 6.19. The van der Waals surface area contributed by atoms with Crippen LogP contribution in [0.3, 0.4) is 0 Å². The van der Waals surface area contributed by atoms with Crippen LogP contribution in [-0.4, -0.2) is 27.5 Å². The first kappa shape index (κ1) is 13.4. The standard InChI is InChI=1S/C9H13NO4S2/c1-6(12)8-5-7(10(13)14)9(16-8)15-4-2-3-11/h5-6,11-12H,2-4H2,1H3. The molecule has 5 nitrogen and oxygen atoms in total. The van der Waals surface area contributed by atoms with Crippen molar-refractivity contribution < 1.29 is 15.1 Å². The second-order valence-corrected chi connectivity index (χ2v) is 5.63. The highest BCUT2D eigenvalue weighted by Crippen LogP contribution is 2.39. The lowest BCUT2D eigenvalue weighted by Crippen LogP contribution is -1.89. The fraction of sp³-hybridized carbons (Fsp3) is 0.556. The summed E-state index contributed by atoms with van der Waals surface area (Å²) in [5.74, 6) is 0.636. The van der Waals surface area contributed by atoms with Gasteiger partial charge in [0.05, 0.1) is 11.0 Å². The Morgan fingerprint density at radius 1 is 1.69 bits per heavy atom. The molecule has 0 fully saturated rings. The number of thiophene rings is 1. The van der Waals surface area contributed by atoms with Crippen LogP contribution in [0.25, 0.3) is 0 Å². The zero-order chi connectivity index (χ0) is 12.1.